The maximum atomic E-state index is 14.6. The molecule has 0 aromatic carbocycles. The minimum absolute atomic E-state index is 0. The van der Waals surface area contributed by atoms with Gasteiger partial charge in [-0.2, -0.15) is 0 Å². The number of alkyl carbamates (subject to hydrolysis) is 1. The number of hydrogen-bond donors (Lipinski definition) is 4. The van der Waals surface area contributed by atoms with Gasteiger partial charge in [-0.05, 0) is 38.5 Å². The molecule has 1 saturated heterocycles. The Morgan fingerprint density at radius 2 is 1.75 bits per heavy atom. The smallest absolute Gasteiger partial charge is 0.407 e. The fourth-order valence-electron chi connectivity index (χ4n) is 9.41. The minimum atomic E-state index is -1.34. The van der Waals surface area contributed by atoms with E-state index in [-0.39, 0.29) is 80.8 Å². The first-order valence-corrected chi connectivity index (χ1v) is 14.4. The van der Waals surface area contributed by atoms with Crippen LogP contribution in [0.15, 0.2) is 11.1 Å². The number of ketones is 1. The molecular weight excluding hydrogens is 729 g/mol. The monoisotopic (exact) mass is 778 g/mol. The molecule has 2 saturated carbocycles. The molecular formula is C30H49AcNO8. The summed E-state index contributed by atoms with van der Waals surface area (Å²) in [5.41, 5.74) is -2.40. The Bertz CT molecular complexity index is 1050. The summed E-state index contributed by atoms with van der Waals surface area (Å²) in [6, 6.07) is -0.408. The van der Waals surface area contributed by atoms with Crippen molar-refractivity contribution < 1.29 is 83.5 Å². The Balaban J connectivity index is 0.00000441. The number of hydrogen-bond acceptors (Lipinski definition) is 8. The first kappa shape index (κ1) is 34.4. The van der Waals surface area contributed by atoms with Crippen LogP contribution in [0.3, 0.4) is 0 Å². The molecule has 1 radical (unpaired) electrons. The Kier molecular flexibility index (Phi) is 9.85. The molecule has 8 unspecified atom stereocenters. The fourth-order valence-corrected chi connectivity index (χ4v) is 9.41. The molecule has 225 valence electrons. The normalized spacial score (nSPS) is 44.4. The second kappa shape index (κ2) is 11.4. The van der Waals surface area contributed by atoms with Crippen LogP contribution in [0.5, 0.6) is 0 Å². The summed E-state index contributed by atoms with van der Waals surface area (Å²) in [6.07, 6.45) is -0.861. The molecule has 4 N–H and O–H groups in total. The van der Waals surface area contributed by atoms with Crippen LogP contribution in [0, 0.1) is 90.4 Å². The van der Waals surface area contributed by atoms with E-state index in [0.29, 0.717) is 6.42 Å². The van der Waals surface area contributed by atoms with Gasteiger partial charge in [0.1, 0.15) is 17.5 Å². The van der Waals surface area contributed by atoms with Gasteiger partial charge in [-0.3, -0.25) is 10.1 Å². The number of Topliss-reactive ketones (excluding diaryl/α,β-unsaturated/α-hetero) is 1. The molecule has 4 rings (SSSR count). The number of rotatable bonds is 5. The number of carbonyl (C=O) groups is 2. The number of methoxy groups -OCH3 is 1. The third kappa shape index (κ3) is 4.61. The molecule has 10 heteroatoms. The van der Waals surface area contributed by atoms with Gasteiger partial charge >= 0.3 is 6.09 Å². The van der Waals surface area contributed by atoms with Crippen LogP contribution >= 0.6 is 0 Å². The Labute approximate surface area is 274 Å². The van der Waals surface area contributed by atoms with Crippen molar-refractivity contribution in [3.63, 3.8) is 0 Å². The molecule has 12 atom stereocenters. The summed E-state index contributed by atoms with van der Waals surface area (Å²) in [4.78, 5) is 31.6. The quantitative estimate of drug-likeness (QED) is 0.187. The average molecular weight is 779 g/mol. The Morgan fingerprint density at radius 1 is 1.15 bits per heavy atom. The van der Waals surface area contributed by atoms with Gasteiger partial charge in [0.2, 0.25) is 0 Å². The van der Waals surface area contributed by atoms with Crippen LogP contribution in [0.1, 0.15) is 75.2 Å². The van der Waals surface area contributed by atoms with Crippen molar-refractivity contribution in [2.75, 3.05) is 13.7 Å². The van der Waals surface area contributed by atoms with Crippen LogP contribution in [0.2, 0.25) is 0 Å². The molecule has 1 amide bonds. The number of carbonyl (C=O) groups excluding carboxylic acids is 2. The van der Waals surface area contributed by atoms with Crippen LogP contribution in [0.25, 0.3) is 0 Å². The first-order valence-electron chi connectivity index (χ1n) is 14.4. The van der Waals surface area contributed by atoms with E-state index >= 15 is 0 Å². The summed E-state index contributed by atoms with van der Waals surface area (Å²) in [7, 11) is 1.29. The summed E-state index contributed by atoms with van der Waals surface area (Å²) in [5, 5.41) is 37.9. The number of ether oxygens (including phenoxy) is 2. The molecule has 3 fully saturated rings. The van der Waals surface area contributed by atoms with E-state index < -0.39 is 63.9 Å². The van der Waals surface area contributed by atoms with Crippen molar-refractivity contribution in [2.45, 2.75) is 105 Å². The van der Waals surface area contributed by atoms with Gasteiger partial charge in [-0.1, -0.05) is 59.6 Å². The maximum Gasteiger partial charge on any atom is 0.407 e. The van der Waals surface area contributed by atoms with E-state index in [0.717, 1.165) is 11.1 Å². The van der Waals surface area contributed by atoms with Crippen molar-refractivity contribution in [3.05, 3.63) is 11.1 Å². The van der Waals surface area contributed by atoms with Crippen molar-refractivity contribution in [1.82, 2.24) is 5.32 Å². The van der Waals surface area contributed by atoms with Gasteiger partial charge in [0.05, 0.1) is 25.4 Å². The van der Waals surface area contributed by atoms with E-state index in [1.165, 1.54) is 7.11 Å². The van der Waals surface area contributed by atoms with Gasteiger partial charge in [0, 0.05) is 84.6 Å². The largest absolute Gasteiger partial charge is 0.453 e. The topological polar surface area (TPSA) is 135 Å². The van der Waals surface area contributed by atoms with E-state index in [4.69, 9.17) is 14.4 Å². The molecule has 3 aliphatic carbocycles. The van der Waals surface area contributed by atoms with Crippen molar-refractivity contribution >= 4 is 11.9 Å². The van der Waals surface area contributed by atoms with Crippen LogP contribution in [0.4, 0.5) is 4.79 Å². The summed E-state index contributed by atoms with van der Waals surface area (Å²) < 4.78 is 10.6. The van der Waals surface area contributed by atoms with Crippen molar-refractivity contribution in [3.8, 4) is 0 Å². The maximum absolute atomic E-state index is 14.6. The summed E-state index contributed by atoms with van der Waals surface area (Å²) in [6.45, 7) is 17.7. The zero-order valence-electron chi connectivity index (χ0n) is 25.8. The zero-order chi connectivity index (χ0) is 29.5. The van der Waals surface area contributed by atoms with Crippen LogP contribution in [-0.4, -0.2) is 70.5 Å². The van der Waals surface area contributed by atoms with Gasteiger partial charge < -0.3 is 25.0 Å². The van der Waals surface area contributed by atoms with E-state index in [2.05, 4.69) is 12.2 Å². The number of amides is 1. The average Bonchev–Trinajstić information content (AvgIpc) is 2.87. The SMILES string of the molecule is COC(=O)NC(C)C(C)[C@H](OO)C1CC2(O)C(C)C3C4(O)COC4C[C@H](C)[C@@]3(C)C(=O)[C@H](C)C(=C1C)C2(C)C.[Ac]. The zero-order valence-corrected chi connectivity index (χ0v) is 30.5. The van der Waals surface area contributed by atoms with Gasteiger partial charge in [-0.15, -0.1) is 0 Å². The van der Waals surface area contributed by atoms with Gasteiger partial charge in [0.25, 0.3) is 0 Å². The molecule has 0 spiro atoms. The van der Waals surface area contributed by atoms with Crippen LogP contribution in [-0.2, 0) is 19.2 Å². The van der Waals surface area contributed by atoms with Crippen molar-refractivity contribution in [1.29, 1.82) is 0 Å². The Hall–Kier alpha value is -0.0784. The number of fused-ring (bicyclic) bond motifs is 5. The molecule has 9 nitrogen and oxygen atoms in total. The summed E-state index contributed by atoms with van der Waals surface area (Å²) in [5.74, 6) is -2.27. The molecule has 40 heavy (non-hydrogen) atoms. The Morgan fingerprint density at radius 3 is 2.25 bits per heavy atom. The molecule has 1 heterocycles. The third-order valence-electron chi connectivity index (χ3n) is 12.1. The van der Waals surface area contributed by atoms with E-state index in [1.54, 1.807) is 0 Å². The van der Waals surface area contributed by atoms with E-state index in [9.17, 15) is 25.1 Å². The number of aliphatic hydroxyl groups is 2. The molecule has 0 aromatic heterocycles. The second-order valence-electron chi connectivity index (χ2n) is 13.9. The number of nitrogens with one attached hydrogen (secondary N) is 1. The second-order valence-corrected chi connectivity index (χ2v) is 13.9. The van der Waals surface area contributed by atoms with Crippen molar-refractivity contribution in [2.24, 2.45) is 46.3 Å². The molecule has 0 aromatic rings. The van der Waals surface area contributed by atoms with Crippen LogP contribution < -0.4 is 5.32 Å². The molecule has 1 aliphatic heterocycles. The summed E-state index contributed by atoms with van der Waals surface area (Å²) >= 11 is 0. The first-order chi connectivity index (χ1) is 17.9. The van der Waals surface area contributed by atoms with E-state index in [1.807, 2.05) is 55.4 Å². The predicted molar refractivity (Wildman–Crippen MR) is 145 cm³/mol. The predicted octanol–water partition coefficient (Wildman–Crippen LogP) is 3.97. The fraction of sp³-hybridized carbons (Fsp3) is 0.867. The van der Waals surface area contributed by atoms with Gasteiger partial charge in [0.15, 0.2) is 0 Å². The minimum Gasteiger partial charge on any atom is -0.453 e. The standard InChI is InChI=1S/C30H49NO8.Ac/c1-14-11-21-29(34,13-38-21)24-18(5)30(35)12-20(23(39-36)15(2)19(6)31-26(33)37-10)16(3)22(27(30,7)8)17(4)25(32)28(14,24)9;/h14-15,17-21,23-24,34-36H,11-13H2,1-10H3,(H,31,33);/t14-,15?,17+,18?,19?,20?,21?,23-,24?,28+,29?,30?;/m0./s1. The van der Waals surface area contributed by atoms with Gasteiger partial charge in [-0.25, -0.2) is 9.68 Å². The molecule has 4 aliphatic rings. The molecule has 2 bridgehead atoms. The third-order valence-corrected chi connectivity index (χ3v) is 12.1.